The Hall–Kier alpha value is -3.16. The number of unbranched alkanes of at least 4 members (excludes halogenated alkanes) is 1. The van der Waals surface area contributed by atoms with Crippen molar-refractivity contribution in [2.45, 2.75) is 44.3 Å². The van der Waals surface area contributed by atoms with Gasteiger partial charge in [0.1, 0.15) is 5.82 Å². The van der Waals surface area contributed by atoms with Crippen LogP contribution in [-0.4, -0.2) is 61.3 Å². The Bertz CT molecular complexity index is 1130. The quantitative estimate of drug-likeness (QED) is 0.334. The minimum Gasteiger partial charge on any atom is -0.379 e. The lowest BCUT2D eigenvalue weighted by atomic mass is 10.1. The van der Waals surface area contributed by atoms with Crippen molar-refractivity contribution in [3.05, 3.63) is 65.5 Å². The first kappa shape index (κ1) is 28.8. The van der Waals surface area contributed by atoms with Crippen LogP contribution in [0.15, 0.2) is 48.5 Å². The third kappa shape index (κ3) is 8.16. The molecule has 2 saturated carbocycles. The summed E-state index contributed by atoms with van der Waals surface area (Å²) >= 11 is 0. The van der Waals surface area contributed by atoms with Crippen LogP contribution in [0.4, 0.5) is 28.0 Å². The maximum absolute atomic E-state index is 13.6. The number of halogens is 4. The van der Waals surface area contributed by atoms with Crippen molar-refractivity contribution < 1.29 is 27.1 Å². The van der Waals surface area contributed by atoms with E-state index in [2.05, 4.69) is 10.2 Å². The molecule has 3 aliphatic rings. The van der Waals surface area contributed by atoms with E-state index >= 15 is 0 Å². The van der Waals surface area contributed by atoms with Crippen LogP contribution in [0.5, 0.6) is 0 Å². The summed E-state index contributed by atoms with van der Waals surface area (Å²) in [5.41, 5.74) is -0.694. The standard InChI is InChI=1S/C22H29F4N3O2.C7H5N/c23-19-5-4-16(14-18(19)22(24,25)26)27-21(30)29(20-6-3-15-13-17(15)20)8-2-1-7-28-9-11-31-12-10-28;8-6-7-4-2-1-3-5-7/h4-5,14-15,17,20H,1-3,6-13H2,(H,27,30);1-5H. The van der Waals surface area contributed by atoms with Crippen molar-refractivity contribution in [3.63, 3.8) is 0 Å². The molecule has 210 valence electrons. The highest BCUT2D eigenvalue weighted by molar-refractivity contribution is 5.89. The Kier molecular flexibility index (Phi) is 9.81. The Morgan fingerprint density at radius 2 is 1.85 bits per heavy atom. The van der Waals surface area contributed by atoms with Gasteiger partial charge in [-0.1, -0.05) is 18.2 Å². The smallest absolute Gasteiger partial charge is 0.379 e. The van der Waals surface area contributed by atoms with E-state index < -0.39 is 23.6 Å². The van der Waals surface area contributed by atoms with Crippen LogP contribution in [0.2, 0.25) is 0 Å². The monoisotopic (exact) mass is 546 g/mol. The number of amides is 2. The van der Waals surface area contributed by atoms with Gasteiger partial charge in [0, 0.05) is 31.4 Å². The number of anilines is 1. The first-order valence-corrected chi connectivity index (χ1v) is 13.5. The number of nitrogens with one attached hydrogen (secondary N) is 1. The summed E-state index contributed by atoms with van der Waals surface area (Å²) in [5, 5.41) is 10.9. The van der Waals surface area contributed by atoms with E-state index in [-0.39, 0.29) is 11.7 Å². The number of hydrogen-bond donors (Lipinski definition) is 1. The largest absolute Gasteiger partial charge is 0.419 e. The number of rotatable bonds is 7. The molecule has 5 rings (SSSR count). The average Bonchev–Trinajstić information content (AvgIpc) is 3.60. The molecule has 3 fully saturated rings. The Balaban J connectivity index is 0.000000379. The van der Waals surface area contributed by atoms with Crippen molar-refractivity contribution in [2.75, 3.05) is 44.7 Å². The molecule has 0 bridgehead atoms. The van der Waals surface area contributed by atoms with Gasteiger partial charge in [-0.3, -0.25) is 4.90 Å². The van der Waals surface area contributed by atoms with Gasteiger partial charge in [-0.2, -0.15) is 18.4 Å². The van der Waals surface area contributed by atoms with Crippen LogP contribution in [-0.2, 0) is 10.9 Å². The van der Waals surface area contributed by atoms with Crippen molar-refractivity contribution in [3.8, 4) is 6.07 Å². The van der Waals surface area contributed by atoms with E-state index in [0.29, 0.717) is 30.0 Å². The molecule has 6 nitrogen and oxygen atoms in total. The van der Waals surface area contributed by atoms with Gasteiger partial charge in [0.2, 0.25) is 0 Å². The van der Waals surface area contributed by atoms with Gasteiger partial charge in [0.05, 0.1) is 30.4 Å². The topological polar surface area (TPSA) is 68.6 Å². The summed E-state index contributed by atoms with van der Waals surface area (Å²) in [4.78, 5) is 17.2. The van der Waals surface area contributed by atoms with Crippen LogP contribution in [0.1, 0.15) is 43.2 Å². The number of ether oxygens (including phenoxy) is 1. The number of benzene rings is 2. The van der Waals surface area contributed by atoms with Gasteiger partial charge >= 0.3 is 12.2 Å². The third-order valence-electron chi connectivity index (χ3n) is 7.62. The van der Waals surface area contributed by atoms with Crippen LogP contribution in [0.25, 0.3) is 0 Å². The molecule has 1 aliphatic heterocycles. The predicted octanol–water partition coefficient (Wildman–Crippen LogP) is 6.15. The maximum Gasteiger partial charge on any atom is 0.419 e. The number of carbonyl (C=O) groups is 1. The molecule has 3 atom stereocenters. The summed E-state index contributed by atoms with van der Waals surface area (Å²) < 4.78 is 58.0. The van der Waals surface area contributed by atoms with Crippen LogP contribution in [0.3, 0.4) is 0 Å². The van der Waals surface area contributed by atoms with E-state index in [4.69, 9.17) is 10.00 Å². The molecule has 2 aliphatic carbocycles. The summed E-state index contributed by atoms with van der Waals surface area (Å²) in [6, 6.07) is 13.5. The molecule has 39 heavy (non-hydrogen) atoms. The van der Waals surface area contributed by atoms with E-state index in [9.17, 15) is 22.4 Å². The molecule has 1 N–H and O–H groups in total. The van der Waals surface area contributed by atoms with Gasteiger partial charge in [-0.15, -0.1) is 0 Å². The van der Waals surface area contributed by atoms with Gasteiger partial charge in [-0.05, 0) is 80.8 Å². The van der Waals surface area contributed by atoms with Gasteiger partial charge in [-0.25, -0.2) is 9.18 Å². The molecular weight excluding hydrogens is 512 g/mol. The molecule has 2 amide bonds. The summed E-state index contributed by atoms with van der Waals surface area (Å²) in [6.45, 7) is 4.85. The van der Waals surface area contributed by atoms with Crippen molar-refractivity contribution in [1.82, 2.24) is 9.80 Å². The van der Waals surface area contributed by atoms with Crippen molar-refractivity contribution in [2.24, 2.45) is 11.8 Å². The van der Waals surface area contributed by atoms with Crippen LogP contribution >= 0.6 is 0 Å². The minimum absolute atomic E-state index is 0.0395. The zero-order valence-electron chi connectivity index (χ0n) is 21.8. The fourth-order valence-electron chi connectivity index (χ4n) is 5.45. The molecule has 10 heteroatoms. The maximum atomic E-state index is 13.6. The number of morpholine rings is 1. The Labute approximate surface area is 226 Å². The summed E-state index contributed by atoms with van der Waals surface area (Å²) in [5.74, 6) is -0.165. The van der Waals surface area contributed by atoms with Gasteiger partial charge in [0.25, 0.3) is 0 Å². The molecule has 0 radical (unpaired) electrons. The molecule has 1 heterocycles. The fraction of sp³-hybridized carbons (Fsp3) is 0.517. The van der Waals surface area contributed by atoms with E-state index in [1.807, 2.05) is 24.3 Å². The number of hydrogen-bond acceptors (Lipinski definition) is 4. The predicted molar refractivity (Wildman–Crippen MR) is 139 cm³/mol. The Morgan fingerprint density at radius 3 is 2.44 bits per heavy atom. The molecule has 0 spiro atoms. The second kappa shape index (κ2) is 13.3. The zero-order valence-corrected chi connectivity index (χ0v) is 21.8. The number of nitrogens with zero attached hydrogens (tertiary/aromatic N) is 3. The van der Waals surface area contributed by atoms with Crippen LogP contribution in [0, 0.1) is 29.0 Å². The average molecular weight is 547 g/mol. The molecule has 1 saturated heterocycles. The highest BCUT2D eigenvalue weighted by atomic mass is 19.4. The number of alkyl halides is 3. The van der Waals surface area contributed by atoms with Crippen molar-refractivity contribution >= 4 is 11.7 Å². The van der Waals surface area contributed by atoms with Gasteiger partial charge < -0.3 is 15.0 Å². The lowest BCUT2D eigenvalue weighted by Gasteiger charge is -2.31. The number of carbonyl (C=O) groups excluding carboxylic acids is 1. The second-order valence-electron chi connectivity index (χ2n) is 10.3. The summed E-state index contributed by atoms with van der Waals surface area (Å²) in [6.07, 6.45) is 0.119. The molecule has 2 aromatic rings. The summed E-state index contributed by atoms with van der Waals surface area (Å²) in [7, 11) is 0. The molecular formula is C29H34F4N4O2. The molecule has 2 aromatic carbocycles. The SMILES string of the molecule is N#Cc1ccccc1.O=C(Nc1ccc(F)c(C(F)(F)F)c1)N(CCCCN1CCOCC1)C1CCC2CC21. The first-order chi connectivity index (χ1) is 18.8. The highest BCUT2D eigenvalue weighted by Gasteiger charge is 2.51. The van der Waals surface area contributed by atoms with E-state index in [1.165, 1.54) is 6.07 Å². The normalized spacial score (nSPS) is 22.2. The number of nitriles is 1. The number of urea groups is 1. The second-order valence-corrected chi connectivity index (χ2v) is 10.3. The molecule has 3 unspecified atom stereocenters. The number of fused-ring (bicyclic) bond motifs is 1. The molecule has 0 aromatic heterocycles. The lowest BCUT2D eigenvalue weighted by Crippen LogP contribution is -2.44. The highest BCUT2D eigenvalue weighted by Crippen LogP contribution is 2.53. The minimum atomic E-state index is -4.81. The zero-order chi connectivity index (χ0) is 27.8. The van der Waals surface area contributed by atoms with E-state index in [1.54, 1.807) is 17.0 Å². The van der Waals surface area contributed by atoms with Gasteiger partial charge in [0.15, 0.2) is 0 Å². The van der Waals surface area contributed by atoms with Crippen LogP contribution < -0.4 is 5.32 Å². The Morgan fingerprint density at radius 1 is 1.10 bits per heavy atom. The fourth-order valence-corrected chi connectivity index (χ4v) is 5.45. The first-order valence-electron chi connectivity index (χ1n) is 13.5. The van der Waals surface area contributed by atoms with Crippen molar-refractivity contribution in [1.29, 1.82) is 5.26 Å². The lowest BCUT2D eigenvalue weighted by molar-refractivity contribution is -0.139. The third-order valence-corrected chi connectivity index (χ3v) is 7.62. The van der Waals surface area contributed by atoms with E-state index in [0.717, 1.165) is 71.0 Å².